The number of hydrogen-bond acceptors (Lipinski definition) is 7. The summed E-state index contributed by atoms with van der Waals surface area (Å²) in [6, 6.07) is 17.0. The number of nitrogens with two attached hydrogens (primary N) is 1. The van der Waals surface area contributed by atoms with Gasteiger partial charge in [0.05, 0.1) is 11.4 Å². The molecule has 3 N–H and O–H groups in total. The van der Waals surface area contributed by atoms with Gasteiger partial charge in [-0.3, -0.25) is 9.89 Å². The van der Waals surface area contributed by atoms with Gasteiger partial charge in [-0.2, -0.15) is 4.68 Å². The lowest BCUT2D eigenvalue weighted by Crippen LogP contribution is -2.13. The molecular formula is C21H20N6O2S. The van der Waals surface area contributed by atoms with Gasteiger partial charge >= 0.3 is 5.56 Å². The van der Waals surface area contributed by atoms with Crippen molar-refractivity contribution in [3.8, 4) is 22.1 Å². The van der Waals surface area contributed by atoms with Crippen LogP contribution in [0.15, 0.2) is 75.0 Å². The molecule has 4 aromatic rings. The summed E-state index contributed by atoms with van der Waals surface area (Å²) in [5.41, 5.74) is 8.33. The molecule has 0 aliphatic rings. The van der Waals surface area contributed by atoms with Gasteiger partial charge in [0.15, 0.2) is 5.69 Å². The van der Waals surface area contributed by atoms with Crippen molar-refractivity contribution in [1.29, 1.82) is 0 Å². The number of hydrogen-bond donors (Lipinski definition) is 2. The molecular weight excluding hydrogens is 400 g/mol. The molecule has 0 amide bonds. The number of aryl methyl sites for hydroxylation is 1. The summed E-state index contributed by atoms with van der Waals surface area (Å²) < 4.78 is 6.96. The van der Waals surface area contributed by atoms with Crippen LogP contribution in [0.5, 0.6) is 5.75 Å². The monoisotopic (exact) mass is 420 g/mol. The number of H-pyrrole nitrogens is 1. The van der Waals surface area contributed by atoms with E-state index in [1.807, 2.05) is 47.8 Å². The third-order valence-corrected chi connectivity index (χ3v) is 5.12. The van der Waals surface area contributed by atoms with Gasteiger partial charge in [-0.1, -0.05) is 42.5 Å². The van der Waals surface area contributed by atoms with Gasteiger partial charge in [0.1, 0.15) is 18.0 Å². The van der Waals surface area contributed by atoms with Crippen LogP contribution in [-0.2, 0) is 0 Å². The van der Waals surface area contributed by atoms with E-state index in [0.717, 1.165) is 11.3 Å². The summed E-state index contributed by atoms with van der Waals surface area (Å²) in [6.07, 6.45) is 0. The minimum Gasteiger partial charge on any atom is -0.490 e. The first kappa shape index (κ1) is 19.7. The number of rotatable bonds is 7. The van der Waals surface area contributed by atoms with Crippen LogP contribution in [0, 0.1) is 6.92 Å². The normalized spacial score (nSPS) is 11.3. The molecule has 2 aromatic heterocycles. The Morgan fingerprint density at radius 3 is 2.70 bits per heavy atom. The van der Waals surface area contributed by atoms with Gasteiger partial charge in [0, 0.05) is 17.5 Å². The second-order valence-corrected chi connectivity index (χ2v) is 7.25. The highest BCUT2D eigenvalue weighted by Gasteiger charge is 2.15. The first-order chi connectivity index (χ1) is 14.7. The van der Waals surface area contributed by atoms with Crippen molar-refractivity contribution in [3.05, 3.63) is 76.0 Å². The highest BCUT2D eigenvalue weighted by atomic mass is 32.1. The average Bonchev–Trinajstić information content (AvgIpc) is 3.37. The summed E-state index contributed by atoms with van der Waals surface area (Å²) in [6.45, 7) is 2.54. The first-order valence-electron chi connectivity index (χ1n) is 9.34. The van der Waals surface area contributed by atoms with Gasteiger partial charge in [-0.05, 0) is 19.1 Å². The molecule has 2 aromatic carbocycles. The van der Waals surface area contributed by atoms with Crippen LogP contribution in [0.1, 0.15) is 5.69 Å². The van der Waals surface area contributed by atoms with E-state index in [1.165, 1.54) is 16.0 Å². The van der Waals surface area contributed by atoms with E-state index in [-0.39, 0.29) is 11.2 Å². The van der Waals surface area contributed by atoms with E-state index >= 15 is 0 Å². The standard InChI is InChI=1S/C21H20N6O2S/c1-14-19(25-24-16-9-5-6-10-18(16)29-12-11-22)20(28)27(26-14)21-23-17(13-30-21)15-7-3-2-4-8-15/h2-10,13,26H,11-12,22H2,1H3. The fourth-order valence-electron chi connectivity index (χ4n) is 2.83. The van der Waals surface area contributed by atoms with Crippen molar-refractivity contribution in [1.82, 2.24) is 14.8 Å². The molecule has 0 fully saturated rings. The maximum absolute atomic E-state index is 12.9. The number of benzene rings is 2. The van der Waals surface area contributed by atoms with E-state index in [1.54, 1.807) is 19.1 Å². The fourth-order valence-corrected chi connectivity index (χ4v) is 3.62. The van der Waals surface area contributed by atoms with E-state index in [2.05, 4.69) is 20.3 Å². The largest absolute Gasteiger partial charge is 0.490 e. The lowest BCUT2D eigenvalue weighted by atomic mass is 10.2. The molecule has 0 saturated heterocycles. The Morgan fingerprint density at radius 2 is 1.90 bits per heavy atom. The number of ether oxygens (including phenoxy) is 1. The van der Waals surface area contributed by atoms with Gasteiger partial charge in [-0.25, -0.2) is 4.98 Å². The predicted molar refractivity (Wildman–Crippen MR) is 117 cm³/mol. The van der Waals surface area contributed by atoms with Crippen LogP contribution in [-0.4, -0.2) is 27.9 Å². The number of nitrogens with zero attached hydrogens (tertiary/aromatic N) is 4. The second-order valence-electron chi connectivity index (χ2n) is 6.41. The molecule has 2 heterocycles. The van der Waals surface area contributed by atoms with E-state index in [4.69, 9.17) is 10.5 Å². The van der Waals surface area contributed by atoms with Crippen LogP contribution >= 0.6 is 11.3 Å². The highest BCUT2D eigenvalue weighted by Crippen LogP contribution is 2.29. The van der Waals surface area contributed by atoms with Crippen molar-refractivity contribution in [3.63, 3.8) is 0 Å². The maximum Gasteiger partial charge on any atom is 0.301 e. The van der Waals surface area contributed by atoms with Crippen molar-refractivity contribution < 1.29 is 4.74 Å². The molecule has 0 aliphatic carbocycles. The third-order valence-electron chi connectivity index (χ3n) is 4.29. The van der Waals surface area contributed by atoms with E-state index in [9.17, 15) is 4.79 Å². The molecule has 4 rings (SSSR count). The van der Waals surface area contributed by atoms with Crippen LogP contribution in [0.3, 0.4) is 0 Å². The zero-order valence-corrected chi connectivity index (χ0v) is 17.1. The Labute approximate surface area is 176 Å². The summed E-state index contributed by atoms with van der Waals surface area (Å²) in [4.78, 5) is 17.5. The van der Waals surface area contributed by atoms with Crippen LogP contribution < -0.4 is 16.0 Å². The predicted octanol–water partition coefficient (Wildman–Crippen LogP) is 4.35. The summed E-state index contributed by atoms with van der Waals surface area (Å²) >= 11 is 1.38. The van der Waals surface area contributed by atoms with Crippen molar-refractivity contribution in [2.75, 3.05) is 13.2 Å². The van der Waals surface area contributed by atoms with Crippen LogP contribution in [0.25, 0.3) is 16.4 Å². The molecule has 30 heavy (non-hydrogen) atoms. The first-order valence-corrected chi connectivity index (χ1v) is 10.2. The van der Waals surface area contributed by atoms with Gasteiger partial charge < -0.3 is 10.5 Å². The van der Waals surface area contributed by atoms with E-state index < -0.39 is 0 Å². The van der Waals surface area contributed by atoms with Gasteiger partial charge in [0.2, 0.25) is 5.13 Å². The molecule has 0 unspecified atom stereocenters. The minimum absolute atomic E-state index is 0.222. The van der Waals surface area contributed by atoms with Crippen LogP contribution in [0.2, 0.25) is 0 Å². The van der Waals surface area contributed by atoms with Crippen LogP contribution in [0.4, 0.5) is 11.4 Å². The smallest absolute Gasteiger partial charge is 0.301 e. The summed E-state index contributed by atoms with van der Waals surface area (Å²) in [5.74, 6) is 0.563. The van der Waals surface area contributed by atoms with Crippen molar-refractivity contribution in [2.24, 2.45) is 16.0 Å². The van der Waals surface area contributed by atoms with Crippen molar-refractivity contribution in [2.45, 2.75) is 6.92 Å². The Kier molecular flexibility index (Phi) is 5.82. The Morgan fingerprint density at radius 1 is 1.13 bits per heavy atom. The van der Waals surface area contributed by atoms with Gasteiger partial charge in [-0.15, -0.1) is 21.6 Å². The molecule has 8 nitrogen and oxygen atoms in total. The molecule has 0 aliphatic heterocycles. The molecule has 9 heteroatoms. The number of azo groups is 1. The highest BCUT2D eigenvalue weighted by molar-refractivity contribution is 7.12. The molecule has 0 spiro atoms. The minimum atomic E-state index is -0.314. The lowest BCUT2D eigenvalue weighted by Gasteiger charge is -2.05. The second kappa shape index (κ2) is 8.85. The molecule has 0 saturated carbocycles. The Bertz CT molecular complexity index is 1230. The SMILES string of the molecule is Cc1[nH]n(-c2nc(-c3ccccc3)cs2)c(=O)c1N=Nc1ccccc1OCCN. The van der Waals surface area contributed by atoms with E-state index in [0.29, 0.717) is 35.4 Å². The van der Waals surface area contributed by atoms with Crippen molar-refractivity contribution >= 4 is 22.7 Å². The Hall–Kier alpha value is -3.56. The molecule has 152 valence electrons. The number of aromatic amines is 1. The number of thiazole rings is 1. The fraction of sp³-hybridized carbons (Fsp3) is 0.143. The molecule has 0 atom stereocenters. The quantitative estimate of drug-likeness (QED) is 0.433. The maximum atomic E-state index is 12.9. The zero-order chi connectivity index (χ0) is 20.9. The molecule has 0 radical (unpaired) electrons. The molecule has 0 bridgehead atoms. The summed E-state index contributed by atoms with van der Waals surface area (Å²) in [5, 5.41) is 13.9. The summed E-state index contributed by atoms with van der Waals surface area (Å²) in [7, 11) is 0. The third kappa shape index (κ3) is 4.07. The number of para-hydroxylation sites is 1. The Balaban J connectivity index is 1.63. The number of aromatic nitrogens is 3. The average molecular weight is 420 g/mol. The lowest BCUT2D eigenvalue weighted by molar-refractivity contribution is 0.329. The topological polar surface area (TPSA) is 111 Å². The number of nitrogens with one attached hydrogen (secondary N) is 1. The van der Waals surface area contributed by atoms with Gasteiger partial charge in [0.25, 0.3) is 0 Å². The zero-order valence-electron chi connectivity index (χ0n) is 16.3.